The third-order valence-electron chi connectivity index (χ3n) is 5.00. The molecule has 5 nitrogen and oxygen atoms in total. The zero-order valence-electron chi connectivity index (χ0n) is 16.3. The highest BCUT2D eigenvalue weighted by Crippen LogP contribution is 2.28. The lowest BCUT2D eigenvalue weighted by atomic mass is 10.2. The quantitative estimate of drug-likeness (QED) is 0.684. The van der Waals surface area contributed by atoms with Crippen LogP contribution in [0.25, 0.3) is 0 Å². The number of pyridine rings is 1. The molecule has 0 unspecified atom stereocenters. The van der Waals surface area contributed by atoms with E-state index in [-0.39, 0.29) is 0 Å². The monoisotopic (exact) mass is 369 g/mol. The Labute approximate surface area is 162 Å². The second-order valence-electron chi connectivity index (χ2n) is 7.06. The zero-order valence-corrected chi connectivity index (χ0v) is 16.3. The van der Waals surface area contributed by atoms with Crippen LogP contribution in [-0.2, 0) is 13.2 Å². The fourth-order valence-electron chi connectivity index (χ4n) is 3.41. The molecular weight excluding hydrogens is 338 g/mol. The van der Waals surface area contributed by atoms with E-state index in [0.717, 1.165) is 36.7 Å². The van der Waals surface area contributed by atoms with Gasteiger partial charge >= 0.3 is 0 Å². The molecule has 1 aromatic carbocycles. The predicted octanol–water partition coefficient (Wildman–Crippen LogP) is 3.63. The summed E-state index contributed by atoms with van der Waals surface area (Å²) in [5, 5.41) is 3.55. The van der Waals surface area contributed by atoms with Crippen LogP contribution in [0.2, 0.25) is 0 Å². The van der Waals surface area contributed by atoms with Crippen LogP contribution in [0, 0.1) is 0 Å². The standard InChI is InChI=1S/C22H31N3O2/c1-26-22-16-20(17-24-12-15-25-13-4-2-3-5-14-25)6-7-21(22)27-18-19-8-10-23-11-9-19/h6-11,16,24H,2-5,12-15,17-18H2,1H3. The molecular formula is C22H31N3O2. The molecule has 1 N–H and O–H groups in total. The van der Waals surface area contributed by atoms with Crippen molar-refractivity contribution in [2.24, 2.45) is 0 Å². The Morgan fingerprint density at radius 1 is 0.963 bits per heavy atom. The van der Waals surface area contributed by atoms with Crippen LogP contribution in [0.4, 0.5) is 0 Å². The number of methoxy groups -OCH3 is 1. The number of nitrogens with zero attached hydrogens (tertiary/aromatic N) is 2. The molecule has 2 aromatic rings. The molecule has 0 aliphatic carbocycles. The Morgan fingerprint density at radius 2 is 1.74 bits per heavy atom. The number of hydrogen-bond donors (Lipinski definition) is 1. The normalized spacial score (nSPS) is 15.3. The minimum atomic E-state index is 0.506. The molecule has 0 saturated carbocycles. The van der Waals surface area contributed by atoms with Gasteiger partial charge in [-0.25, -0.2) is 0 Å². The third-order valence-corrected chi connectivity index (χ3v) is 5.00. The van der Waals surface area contributed by atoms with Crippen molar-refractivity contribution in [3.8, 4) is 11.5 Å². The van der Waals surface area contributed by atoms with E-state index >= 15 is 0 Å². The van der Waals surface area contributed by atoms with Crippen molar-refractivity contribution in [1.82, 2.24) is 15.2 Å². The van der Waals surface area contributed by atoms with Gasteiger partial charge in [0.1, 0.15) is 6.61 Å². The van der Waals surface area contributed by atoms with Gasteiger partial charge in [0.25, 0.3) is 0 Å². The first-order valence-electron chi connectivity index (χ1n) is 9.97. The fourth-order valence-corrected chi connectivity index (χ4v) is 3.41. The van der Waals surface area contributed by atoms with Crippen molar-refractivity contribution in [1.29, 1.82) is 0 Å². The van der Waals surface area contributed by atoms with Gasteiger partial charge < -0.3 is 19.7 Å². The number of aromatic nitrogens is 1. The summed E-state index contributed by atoms with van der Waals surface area (Å²) in [7, 11) is 1.69. The Morgan fingerprint density at radius 3 is 2.48 bits per heavy atom. The molecule has 1 fully saturated rings. The lowest BCUT2D eigenvalue weighted by Crippen LogP contribution is -2.32. The molecule has 0 amide bonds. The van der Waals surface area contributed by atoms with Gasteiger partial charge in [0.15, 0.2) is 11.5 Å². The first-order chi connectivity index (χ1) is 13.3. The van der Waals surface area contributed by atoms with Crippen molar-refractivity contribution < 1.29 is 9.47 Å². The Balaban J connectivity index is 1.45. The smallest absolute Gasteiger partial charge is 0.161 e. The van der Waals surface area contributed by atoms with Gasteiger partial charge in [-0.2, -0.15) is 0 Å². The number of ether oxygens (including phenoxy) is 2. The molecule has 0 atom stereocenters. The average molecular weight is 370 g/mol. The predicted molar refractivity (Wildman–Crippen MR) is 108 cm³/mol. The summed E-state index contributed by atoms with van der Waals surface area (Å²) in [6.07, 6.45) is 9.02. The minimum Gasteiger partial charge on any atom is -0.493 e. The number of nitrogens with one attached hydrogen (secondary N) is 1. The maximum atomic E-state index is 5.91. The summed E-state index contributed by atoms with van der Waals surface area (Å²) < 4.78 is 11.4. The van der Waals surface area contributed by atoms with E-state index in [4.69, 9.17) is 9.47 Å². The molecule has 1 aromatic heterocycles. The van der Waals surface area contributed by atoms with E-state index in [9.17, 15) is 0 Å². The number of benzene rings is 1. The molecule has 0 radical (unpaired) electrons. The lowest BCUT2D eigenvalue weighted by Gasteiger charge is -2.20. The second kappa shape index (κ2) is 10.9. The Bertz CT molecular complexity index is 671. The Kier molecular flexibility index (Phi) is 7.93. The molecule has 1 aliphatic rings. The zero-order chi connectivity index (χ0) is 18.7. The molecule has 0 bridgehead atoms. The highest BCUT2D eigenvalue weighted by molar-refractivity contribution is 5.43. The molecule has 27 heavy (non-hydrogen) atoms. The van der Waals surface area contributed by atoms with E-state index < -0.39 is 0 Å². The molecule has 0 spiro atoms. The minimum absolute atomic E-state index is 0.506. The number of hydrogen-bond acceptors (Lipinski definition) is 5. The second-order valence-corrected chi connectivity index (χ2v) is 7.06. The molecule has 146 valence electrons. The molecule has 2 heterocycles. The summed E-state index contributed by atoms with van der Waals surface area (Å²) in [6.45, 7) is 5.99. The van der Waals surface area contributed by atoms with E-state index in [2.05, 4.69) is 27.3 Å². The summed E-state index contributed by atoms with van der Waals surface area (Å²) >= 11 is 0. The molecule has 5 heteroatoms. The molecule has 1 aliphatic heterocycles. The first kappa shape index (κ1) is 19.6. The van der Waals surface area contributed by atoms with Gasteiger partial charge in [-0.05, 0) is 61.3 Å². The van der Waals surface area contributed by atoms with Crippen LogP contribution >= 0.6 is 0 Å². The lowest BCUT2D eigenvalue weighted by molar-refractivity contribution is 0.282. The van der Waals surface area contributed by atoms with Crippen molar-refractivity contribution in [2.75, 3.05) is 33.3 Å². The maximum absolute atomic E-state index is 5.91. The van der Waals surface area contributed by atoms with Gasteiger partial charge in [-0.1, -0.05) is 18.9 Å². The molecule has 3 rings (SSSR count). The van der Waals surface area contributed by atoms with Gasteiger partial charge in [-0.3, -0.25) is 4.98 Å². The largest absolute Gasteiger partial charge is 0.493 e. The first-order valence-corrected chi connectivity index (χ1v) is 9.97. The molecule has 1 saturated heterocycles. The fraction of sp³-hybridized carbons (Fsp3) is 0.500. The van der Waals surface area contributed by atoms with Crippen molar-refractivity contribution in [2.45, 2.75) is 38.8 Å². The van der Waals surface area contributed by atoms with Gasteiger partial charge in [0.05, 0.1) is 7.11 Å². The highest BCUT2D eigenvalue weighted by atomic mass is 16.5. The van der Waals surface area contributed by atoms with E-state index in [1.807, 2.05) is 18.2 Å². The van der Waals surface area contributed by atoms with Gasteiger partial charge in [0.2, 0.25) is 0 Å². The average Bonchev–Trinajstić information content (AvgIpc) is 2.99. The van der Waals surface area contributed by atoms with Crippen LogP contribution in [-0.4, -0.2) is 43.2 Å². The van der Waals surface area contributed by atoms with Crippen molar-refractivity contribution in [3.05, 3.63) is 53.9 Å². The van der Waals surface area contributed by atoms with Crippen LogP contribution in [0.1, 0.15) is 36.8 Å². The van der Waals surface area contributed by atoms with Gasteiger partial charge in [0, 0.05) is 32.0 Å². The number of likely N-dealkylation sites (tertiary alicyclic amines) is 1. The van der Waals surface area contributed by atoms with Crippen LogP contribution < -0.4 is 14.8 Å². The number of rotatable bonds is 9. The van der Waals surface area contributed by atoms with E-state index in [0.29, 0.717) is 6.61 Å². The van der Waals surface area contributed by atoms with Crippen molar-refractivity contribution >= 4 is 0 Å². The summed E-state index contributed by atoms with van der Waals surface area (Å²) in [4.78, 5) is 6.61. The van der Waals surface area contributed by atoms with E-state index in [1.165, 1.54) is 44.3 Å². The highest BCUT2D eigenvalue weighted by Gasteiger charge is 2.09. The topological polar surface area (TPSA) is 46.6 Å². The summed E-state index contributed by atoms with van der Waals surface area (Å²) in [5.74, 6) is 1.54. The van der Waals surface area contributed by atoms with Crippen LogP contribution in [0.5, 0.6) is 11.5 Å². The van der Waals surface area contributed by atoms with Crippen LogP contribution in [0.3, 0.4) is 0 Å². The third kappa shape index (κ3) is 6.52. The Hall–Kier alpha value is -2.11. The SMILES string of the molecule is COc1cc(CNCCN2CCCCCC2)ccc1OCc1ccncc1. The van der Waals surface area contributed by atoms with E-state index in [1.54, 1.807) is 19.5 Å². The van der Waals surface area contributed by atoms with Gasteiger partial charge in [-0.15, -0.1) is 0 Å². The summed E-state index contributed by atoms with van der Waals surface area (Å²) in [5.41, 5.74) is 2.30. The maximum Gasteiger partial charge on any atom is 0.161 e. The van der Waals surface area contributed by atoms with Crippen molar-refractivity contribution in [3.63, 3.8) is 0 Å². The summed E-state index contributed by atoms with van der Waals surface area (Å²) in [6, 6.07) is 10.1. The van der Waals surface area contributed by atoms with Crippen LogP contribution in [0.15, 0.2) is 42.7 Å².